The molecular formula is C19H20N4O3S. The standard InChI is InChI=1S/C19H20N4O3S/c24-18(4-3-14-2-1-9-27-14)23-12-13(10-16-15(23)5-8-26-16)19(25)22-17-11-20-6-7-21-17/h1-4,6-7,9,11,13,15-16H,5,8,10,12H2,(H,21,22,25)/b4-3+/t13-,15-,16-/m1/s1. The predicted octanol–water partition coefficient (Wildman–Crippen LogP) is 2.20. The van der Waals surface area contributed by atoms with Gasteiger partial charge in [-0.05, 0) is 30.4 Å². The van der Waals surface area contributed by atoms with Crippen molar-refractivity contribution in [2.24, 2.45) is 5.92 Å². The van der Waals surface area contributed by atoms with E-state index < -0.39 is 0 Å². The second-order valence-electron chi connectivity index (χ2n) is 6.62. The van der Waals surface area contributed by atoms with E-state index in [1.54, 1.807) is 28.5 Å². The van der Waals surface area contributed by atoms with E-state index >= 15 is 0 Å². The summed E-state index contributed by atoms with van der Waals surface area (Å²) in [6.45, 7) is 0.997. The fourth-order valence-electron chi connectivity index (χ4n) is 3.62. The van der Waals surface area contributed by atoms with Crippen molar-refractivity contribution >= 4 is 35.0 Å². The summed E-state index contributed by atoms with van der Waals surface area (Å²) in [7, 11) is 0. The largest absolute Gasteiger partial charge is 0.376 e. The van der Waals surface area contributed by atoms with Gasteiger partial charge in [-0.3, -0.25) is 14.6 Å². The van der Waals surface area contributed by atoms with Crippen LogP contribution in [-0.4, -0.2) is 52.0 Å². The van der Waals surface area contributed by atoms with Crippen molar-refractivity contribution in [1.82, 2.24) is 14.9 Å². The Bertz CT molecular complexity index is 825. The number of hydrogen-bond acceptors (Lipinski definition) is 6. The highest BCUT2D eigenvalue weighted by Crippen LogP contribution is 2.32. The van der Waals surface area contributed by atoms with Crippen LogP contribution in [-0.2, 0) is 14.3 Å². The average molecular weight is 384 g/mol. The number of fused-ring (bicyclic) bond motifs is 1. The smallest absolute Gasteiger partial charge is 0.246 e. The van der Waals surface area contributed by atoms with Crippen molar-refractivity contribution < 1.29 is 14.3 Å². The molecule has 0 saturated carbocycles. The molecule has 2 aliphatic heterocycles. The number of ether oxygens (including phenoxy) is 1. The van der Waals surface area contributed by atoms with Crippen LogP contribution in [0.5, 0.6) is 0 Å². The van der Waals surface area contributed by atoms with Gasteiger partial charge in [0.1, 0.15) is 0 Å². The lowest BCUT2D eigenvalue weighted by molar-refractivity contribution is -0.136. The quantitative estimate of drug-likeness (QED) is 0.817. The number of aromatic nitrogens is 2. The van der Waals surface area contributed by atoms with Gasteiger partial charge in [-0.1, -0.05) is 6.07 Å². The van der Waals surface area contributed by atoms with Gasteiger partial charge < -0.3 is 15.0 Å². The number of amides is 2. The van der Waals surface area contributed by atoms with Gasteiger partial charge in [-0.15, -0.1) is 11.3 Å². The molecule has 1 N–H and O–H groups in total. The number of hydrogen-bond donors (Lipinski definition) is 1. The van der Waals surface area contributed by atoms with Crippen LogP contribution < -0.4 is 5.32 Å². The van der Waals surface area contributed by atoms with Gasteiger partial charge in [-0.25, -0.2) is 4.98 Å². The molecule has 2 aliphatic rings. The molecule has 2 aromatic heterocycles. The van der Waals surface area contributed by atoms with Crippen molar-refractivity contribution in [1.29, 1.82) is 0 Å². The molecule has 0 aliphatic carbocycles. The minimum atomic E-state index is -0.342. The molecule has 4 rings (SSSR count). The fraction of sp³-hybridized carbons (Fsp3) is 0.368. The van der Waals surface area contributed by atoms with E-state index in [1.807, 2.05) is 23.6 Å². The van der Waals surface area contributed by atoms with Crippen LogP contribution in [0.1, 0.15) is 17.7 Å². The highest BCUT2D eigenvalue weighted by Gasteiger charge is 2.43. The maximum Gasteiger partial charge on any atom is 0.246 e. The first-order chi connectivity index (χ1) is 13.2. The molecule has 3 atom stereocenters. The summed E-state index contributed by atoms with van der Waals surface area (Å²) in [6, 6.07) is 3.94. The Morgan fingerprint density at radius 2 is 2.30 bits per heavy atom. The minimum absolute atomic E-state index is 0.0334. The first kappa shape index (κ1) is 17.8. The summed E-state index contributed by atoms with van der Waals surface area (Å²) in [5.41, 5.74) is 0. The van der Waals surface area contributed by atoms with Gasteiger partial charge in [-0.2, -0.15) is 0 Å². The second-order valence-corrected chi connectivity index (χ2v) is 7.60. The molecule has 4 heterocycles. The fourth-order valence-corrected chi connectivity index (χ4v) is 4.24. The van der Waals surface area contributed by atoms with E-state index in [0.717, 1.165) is 11.3 Å². The van der Waals surface area contributed by atoms with E-state index in [1.165, 1.54) is 12.4 Å². The summed E-state index contributed by atoms with van der Waals surface area (Å²) in [5.74, 6) is -0.178. The van der Waals surface area contributed by atoms with Crippen molar-refractivity contribution in [3.63, 3.8) is 0 Å². The molecule has 2 amide bonds. The topological polar surface area (TPSA) is 84.4 Å². The van der Waals surface area contributed by atoms with Crippen molar-refractivity contribution in [3.8, 4) is 0 Å². The molecule has 2 aromatic rings. The molecule has 0 aromatic carbocycles. The number of anilines is 1. The van der Waals surface area contributed by atoms with Gasteiger partial charge in [0.2, 0.25) is 11.8 Å². The van der Waals surface area contributed by atoms with Crippen LogP contribution in [0.4, 0.5) is 5.82 Å². The number of carbonyl (C=O) groups is 2. The Morgan fingerprint density at radius 1 is 1.37 bits per heavy atom. The normalized spacial score (nSPS) is 24.7. The molecule has 0 bridgehead atoms. The Morgan fingerprint density at radius 3 is 3.07 bits per heavy atom. The predicted molar refractivity (Wildman–Crippen MR) is 102 cm³/mol. The lowest BCUT2D eigenvalue weighted by Gasteiger charge is -2.39. The first-order valence-corrected chi connectivity index (χ1v) is 9.79. The average Bonchev–Trinajstić information content (AvgIpc) is 3.37. The number of piperidine rings is 1. The molecule has 2 saturated heterocycles. The second kappa shape index (κ2) is 7.98. The van der Waals surface area contributed by atoms with Crippen LogP contribution >= 0.6 is 11.3 Å². The zero-order valence-corrected chi connectivity index (χ0v) is 15.5. The number of rotatable bonds is 4. The van der Waals surface area contributed by atoms with Gasteiger partial charge in [0.15, 0.2) is 5.82 Å². The Kier molecular flexibility index (Phi) is 5.26. The molecule has 7 nitrogen and oxygen atoms in total. The van der Waals surface area contributed by atoms with Gasteiger partial charge in [0, 0.05) is 36.5 Å². The van der Waals surface area contributed by atoms with E-state index in [2.05, 4.69) is 15.3 Å². The number of nitrogens with zero attached hydrogens (tertiary/aromatic N) is 3. The Labute approximate surface area is 161 Å². The molecule has 0 unspecified atom stereocenters. The SMILES string of the molecule is O=C(Nc1cnccn1)[C@@H]1C[C@H]2OCC[C@H]2N(C(=O)/C=C/c2cccs2)C1. The Balaban J connectivity index is 1.47. The summed E-state index contributed by atoms with van der Waals surface area (Å²) < 4.78 is 5.79. The Hall–Kier alpha value is -2.58. The zero-order valence-electron chi connectivity index (χ0n) is 14.7. The van der Waals surface area contributed by atoms with E-state index in [9.17, 15) is 9.59 Å². The van der Waals surface area contributed by atoms with E-state index in [-0.39, 0.29) is 29.9 Å². The monoisotopic (exact) mass is 384 g/mol. The number of thiophene rings is 1. The van der Waals surface area contributed by atoms with Crippen molar-refractivity contribution in [3.05, 3.63) is 47.1 Å². The third kappa shape index (κ3) is 4.06. The molecule has 27 heavy (non-hydrogen) atoms. The highest BCUT2D eigenvalue weighted by molar-refractivity contribution is 7.10. The maximum atomic E-state index is 12.8. The third-order valence-electron chi connectivity index (χ3n) is 4.91. The zero-order chi connectivity index (χ0) is 18.6. The highest BCUT2D eigenvalue weighted by atomic mass is 32.1. The molecule has 0 spiro atoms. The molecule has 140 valence electrons. The summed E-state index contributed by atoms with van der Waals surface area (Å²) in [6.07, 6.45) is 9.30. The van der Waals surface area contributed by atoms with Crippen LogP contribution in [0.2, 0.25) is 0 Å². The summed E-state index contributed by atoms with van der Waals surface area (Å²) >= 11 is 1.58. The maximum absolute atomic E-state index is 12.8. The minimum Gasteiger partial charge on any atom is -0.376 e. The number of nitrogens with one attached hydrogen (secondary N) is 1. The van der Waals surface area contributed by atoms with Crippen molar-refractivity contribution in [2.45, 2.75) is 25.0 Å². The third-order valence-corrected chi connectivity index (χ3v) is 5.75. The number of likely N-dealkylation sites (tertiary alicyclic amines) is 1. The summed E-state index contributed by atoms with van der Waals surface area (Å²) in [5, 5.41) is 4.75. The molecular weight excluding hydrogens is 364 g/mol. The first-order valence-electron chi connectivity index (χ1n) is 8.91. The molecule has 8 heteroatoms. The molecule has 2 fully saturated rings. The lowest BCUT2D eigenvalue weighted by atomic mass is 9.89. The lowest BCUT2D eigenvalue weighted by Crippen LogP contribution is -2.53. The van der Waals surface area contributed by atoms with Crippen LogP contribution in [0.25, 0.3) is 6.08 Å². The van der Waals surface area contributed by atoms with Gasteiger partial charge in [0.05, 0.1) is 24.3 Å². The van der Waals surface area contributed by atoms with E-state index in [0.29, 0.717) is 25.4 Å². The van der Waals surface area contributed by atoms with Gasteiger partial charge in [0.25, 0.3) is 0 Å². The van der Waals surface area contributed by atoms with Crippen LogP contribution in [0.3, 0.4) is 0 Å². The van der Waals surface area contributed by atoms with Crippen molar-refractivity contribution in [2.75, 3.05) is 18.5 Å². The number of carbonyl (C=O) groups excluding carboxylic acids is 2. The van der Waals surface area contributed by atoms with Crippen LogP contribution in [0.15, 0.2) is 42.2 Å². The molecule has 0 radical (unpaired) electrons. The van der Waals surface area contributed by atoms with E-state index in [4.69, 9.17) is 4.74 Å². The summed E-state index contributed by atoms with van der Waals surface area (Å²) in [4.78, 5) is 36.3. The van der Waals surface area contributed by atoms with Gasteiger partial charge >= 0.3 is 0 Å². The van der Waals surface area contributed by atoms with Crippen LogP contribution in [0, 0.1) is 5.92 Å².